The predicted octanol–water partition coefficient (Wildman–Crippen LogP) is 4.44. The molecule has 1 aromatic carbocycles. The van der Waals surface area contributed by atoms with Gasteiger partial charge in [-0.3, -0.25) is 0 Å². The molecule has 1 aromatic rings. The molecule has 0 saturated heterocycles. The molecule has 1 rings (SSSR count). The van der Waals surface area contributed by atoms with Gasteiger partial charge in [0.2, 0.25) is 0 Å². The number of halogens is 1. The number of anilines is 1. The molecule has 106 valence electrons. The van der Waals surface area contributed by atoms with Gasteiger partial charge in [-0.1, -0.05) is 38.3 Å². The van der Waals surface area contributed by atoms with E-state index in [9.17, 15) is 4.79 Å². The largest absolute Gasteiger partial charge is 0.478 e. The van der Waals surface area contributed by atoms with Crippen LogP contribution in [0.2, 0.25) is 5.02 Å². The lowest BCUT2D eigenvalue weighted by molar-refractivity contribution is 0.0697. The van der Waals surface area contributed by atoms with Crippen molar-refractivity contribution in [1.29, 1.82) is 0 Å². The van der Waals surface area contributed by atoms with Crippen molar-refractivity contribution in [3.63, 3.8) is 0 Å². The van der Waals surface area contributed by atoms with Gasteiger partial charge in [0.05, 0.1) is 10.6 Å². The molecular weight excluding hydrogens is 262 g/mol. The minimum absolute atomic E-state index is 0.163. The first kappa shape index (κ1) is 15.8. The fourth-order valence-electron chi connectivity index (χ4n) is 1.94. The number of nitrogens with zero attached hydrogens (tertiary/aromatic N) is 1. The number of hydrogen-bond acceptors (Lipinski definition) is 2. The van der Waals surface area contributed by atoms with Crippen molar-refractivity contribution >= 4 is 23.3 Å². The normalized spacial score (nSPS) is 10.5. The number of hydrogen-bond donors (Lipinski definition) is 1. The van der Waals surface area contributed by atoms with Crippen molar-refractivity contribution in [1.82, 2.24) is 0 Å². The molecule has 0 spiro atoms. The van der Waals surface area contributed by atoms with Gasteiger partial charge in [-0.2, -0.15) is 0 Å². The summed E-state index contributed by atoms with van der Waals surface area (Å²) < 4.78 is 0. The third-order valence-electron chi connectivity index (χ3n) is 3.11. The van der Waals surface area contributed by atoms with Crippen LogP contribution in [0, 0.1) is 0 Å². The number of rotatable bonds is 8. The van der Waals surface area contributed by atoms with Crippen LogP contribution in [0.3, 0.4) is 0 Å². The molecule has 0 aliphatic carbocycles. The van der Waals surface area contributed by atoms with Gasteiger partial charge in [0.1, 0.15) is 0 Å². The summed E-state index contributed by atoms with van der Waals surface area (Å²) in [5.41, 5.74) is 1.17. The lowest BCUT2D eigenvalue weighted by Crippen LogP contribution is -2.25. The standard InChI is InChI=1S/C15H22ClNO2/c1-3-5-9-17(10-6-4-2)12-7-8-13(15(18)19)14(16)11-12/h7-8,11H,3-6,9-10H2,1-2H3,(H,18,19). The minimum Gasteiger partial charge on any atom is -0.478 e. The van der Waals surface area contributed by atoms with E-state index < -0.39 is 5.97 Å². The zero-order valence-corrected chi connectivity index (χ0v) is 12.4. The summed E-state index contributed by atoms with van der Waals surface area (Å²) in [6, 6.07) is 5.20. The van der Waals surface area contributed by atoms with Gasteiger partial charge in [0, 0.05) is 18.8 Å². The Hall–Kier alpha value is -1.22. The van der Waals surface area contributed by atoms with E-state index in [4.69, 9.17) is 16.7 Å². The van der Waals surface area contributed by atoms with Crippen molar-refractivity contribution < 1.29 is 9.90 Å². The van der Waals surface area contributed by atoms with E-state index in [1.54, 1.807) is 12.1 Å². The average Bonchev–Trinajstić information content (AvgIpc) is 2.38. The van der Waals surface area contributed by atoms with Crippen molar-refractivity contribution in [2.24, 2.45) is 0 Å². The highest BCUT2D eigenvalue weighted by Gasteiger charge is 2.12. The smallest absolute Gasteiger partial charge is 0.337 e. The van der Waals surface area contributed by atoms with Crippen molar-refractivity contribution in [2.45, 2.75) is 39.5 Å². The van der Waals surface area contributed by atoms with Crippen molar-refractivity contribution in [2.75, 3.05) is 18.0 Å². The maximum atomic E-state index is 10.9. The summed E-state index contributed by atoms with van der Waals surface area (Å²) in [6.45, 7) is 6.30. The van der Waals surface area contributed by atoms with Gasteiger partial charge in [0.15, 0.2) is 0 Å². The summed E-state index contributed by atoms with van der Waals surface area (Å²) in [5.74, 6) is -0.981. The second-order valence-corrected chi connectivity index (χ2v) is 5.07. The van der Waals surface area contributed by atoms with Crippen LogP contribution >= 0.6 is 11.6 Å². The van der Waals surface area contributed by atoms with Crippen molar-refractivity contribution in [3.05, 3.63) is 28.8 Å². The van der Waals surface area contributed by atoms with Crippen LogP contribution in [0.1, 0.15) is 49.9 Å². The molecule has 0 unspecified atom stereocenters. The molecule has 0 atom stereocenters. The monoisotopic (exact) mass is 283 g/mol. The molecule has 19 heavy (non-hydrogen) atoms. The van der Waals surface area contributed by atoms with Gasteiger partial charge >= 0.3 is 5.97 Å². The predicted molar refractivity (Wildman–Crippen MR) is 80.4 cm³/mol. The van der Waals surface area contributed by atoms with E-state index in [1.807, 2.05) is 6.07 Å². The molecule has 1 N–H and O–H groups in total. The van der Waals surface area contributed by atoms with Gasteiger partial charge in [-0.15, -0.1) is 0 Å². The fraction of sp³-hybridized carbons (Fsp3) is 0.533. The molecule has 0 aliphatic heterocycles. The first-order chi connectivity index (χ1) is 9.10. The molecule has 0 radical (unpaired) electrons. The zero-order chi connectivity index (χ0) is 14.3. The van der Waals surface area contributed by atoms with Crippen molar-refractivity contribution in [3.8, 4) is 0 Å². The highest BCUT2D eigenvalue weighted by Crippen LogP contribution is 2.24. The molecule has 3 nitrogen and oxygen atoms in total. The maximum absolute atomic E-state index is 10.9. The summed E-state index contributed by atoms with van der Waals surface area (Å²) in [4.78, 5) is 13.2. The number of carboxylic acids is 1. The van der Waals surface area contributed by atoms with Crippen LogP contribution in [0.25, 0.3) is 0 Å². The van der Waals surface area contributed by atoms with E-state index >= 15 is 0 Å². The van der Waals surface area contributed by atoms with Gasteiger partial charge in [-0.05, 0) is 31.0 Å². The molecule has 0 fully saturated rings. The molecular formula is C15H22ClNO2. The zero-order valence-electron chi connectivity index (χ0n) is 11.7. The number of unbranched alkanes of at least 4 members (excludes halogenated alkanes) is 2. The Kier molecular flexibility index (Phi) is 6.71. The van der Waals surface area contributed by atoms with E-state index in [1.165, 1.54) is 0 Å². The van der Waals surface area contributed by atoms with Crippen LogP contribution in [0.15, 0.2) is 18.2 Å². The third-order valence-corrected chi connectivity index (χ3v) is 3.42. The molecule has 0 bridgehead atoms. The average molecular weight is 284 g/mol. The Morgan fingerprint density at radius 3 is 2.21 bits per heavy atom. The third kappa shape index (κ3) is 4.75. The lowest BCUT2D eigenvalue weighted by atomic mass is 10.1. The number of benzene rings is 1. The Morgan fingerprint density at radius 2 is 1.79 bits per heavy atom. The highest BCUT2D eigenvalue weighted by atomic mass is 35.5. The number of carboxylic acid groups (broad SMARTS) is 1. The molecule has 0 aliphatic rings. The Bertz CT molecular complexity index is 413. The summed E-state index contributed by atoms with van der Waals surface area (Å²) in [7, 11) is 0. The lowest BCUT2D eigenvalue weighted by Gasteiger charge is -2.25. The van der Waals surface area contributed by atoms with Crippen LogP contribution in [-0.4, -0.2) is 24.2 Å². The first-order valence-electron chi connectivity index (χ1n) is 6.88. The van der Waals surface area contributed by atoms with Gasteiger partial charge in [-0.25, -0.2) is 4.79 Å². The quantitative estimate of drug-likeness (QED) is 0.766. The second kappa shape index (κ2) is 8.05. The highest BCUT2D eigenvalue weighted by molar-refractivity contribution is 6.33. The van der Waals surface area contributed by atoms with E-state index in [2.05, 4.69) is 18.7 Å². The molecule has 0 saturated carbocycles. The summed E-state index contributed by atoms with van der Waals surface area (Å²) >= 11 is 6.03. The van der Waals surface area contributed by atoms with E-state index in [0.29, 0.717) is 5.02 Å². The van der Waals surface area contributed by atoms with Crippen LogP contribution in [-0.2, 0) is 0 Å². The molecule has 0 aromatic heterocycles. The van der Waals surface area contributed by atoms with E-state index in [0.717, 1.165) is 44.5 Å². The molecule has 0 heterocycles. The number of aromatic carboxylic acids is 1. The molecule has 4 heteroatoms. The Balaban J connectivity index is 2.88. The Morgan fingerprint density at radius 1 is 1.21 bits per heavy atom. The summed E-state index contributed by atoms with van der Waals surface area (Å²) in [5, 5.41) is 9.29. The fourth-order valence-corrected chi connectivity index (χ4v) is 2.20. The molecule has 0 amide bonds. The van der Waals surface area contributed by atoms with Crippen LogP contribution < -0.4 is 4.90 Å². The van der Waals surface area contributed by atoms with E-state index in [-0.39, 0.29) is 5.56 Å². The second-order valence-electron chi connectivity index (χ2n) is 4.66. The number of carbonyl (C=O) groups is 1. The van der Waals surface area contributed by atoms with Crippen LogP contribution in [0.5, 0.6) is 0 Å². The Labute approximate surface area is 120 Å². The van der Waals surface area contributed by atoms with Gasteiger partial charge < -0.3 is 10.0 Å². The summed E-state index contributed by atoms with van der Waals surface area (Å²) in [6.07, 6.45) is 4.54. The minimum atomic E-state index is -0.981. The SMILES string of the molecule is CCCCN(CCCC)c1ccc(C(=O)O)c(Cl)c1. The van der Waals surface area contributed by atoms with Gasteiger partial charge in [0.25, 0.3) is 0 Å². The van der Waals surface area contributed by atoms with Crippen LogP contribution in [0.4, 0.5) is 5.69 Å². The topological polar surface area (TPSA) is 40.5 Å². The maximum Gasteiger partial charge on any atom is 0.337 e. The first-order valence-corrected chi connectivity index (χ1v) is 7.25.